The molecule has 0 amide bonds. The number of sulfonamides is 1. The summed E-state index contributed by atoms with van der Waals surface area (Å²) in [6, 6.07) is 1.55. The molecule has 8 heteroatoms. The SMILES string of the molecule is CCNS(=O)(=O)CCNc1ncc(Cl)cc1N. The predicted molar refractivity (Wildman–Crippen MR) is 69.6 cm³/mol. The number of hydrogen-bond donors (Lipinski definition) is 3. The lowest BCUT2D eigenvalue weighted by Gasteiger charge is -2.08. The molecule has 17 heavy (non-hydrogen) atoms. The van der Waals surface area contributed by atoms with Gasteiger partial charge in [0, 0.05) is 19.3 Å². The fourth-order valence-corrected chi connectivity index (χ4v) is 2.32. The average molecular weight is 279 g/mol. The highest BCUT2D eigenvalue weighted by Gasteiger charge is 2.08. The van der Waals surface area contributed by atoms with E-state index in [1.165, 1.54) is 6.20 Å². The molecule has 0 atom stereocenters. The van der Waals surface area contributed by atoms with Gasteiger partial charge in [0.1, 0.15) is 5.82 Å². The summed E-state index contributed by atoms with van der Waals surface area (Å²) >= 11 is 5.69. The van der Waals surface area contributed by atoms with Crippen molar-refractivity contribution in [3.05, 3.63) is 17.3 Å². The Morgan fingerprint density at radius 3 is 2.82 bits per heavy atom. The van der Waals surface area contributed by atoms with Crippen molar-refractivity contribution < 1.29 is 8.42 Å². The highest BCUT2D eigenvalue weighted by Crippen LogP contribution is 2.18. The Morgan fingerprint density at radius 2 is 2.24 bits per heavy atom. The van der Waals surface area contributed by atoms with Gasteiger partial charge in [-0.3, -0.25) is 0 Å². The van der Waals surface area contributed by atoms with Crippen molar-refractivity contribution in [3.63, 3.8) is 0 Å². The standard InChI is InChI=1S/C9H15ClN4O2S/c1-2-14-17(15,16)4-3-12-9-8(11)5-7(10)6-13-9/h5-6,14H,2-4,11H2,1H3,(H,12,13). The van der Waals surface area contributed by atoms with Crippen molar-refractivity contribution in [3.8, 4) is 0 Å². The maximum Gasteiger partial charge on any atom is 0.213 e. The Balaban J connectivity index is 2.51. The van der Waals surface area contributed by atoms with E-state index in [1.54, 1.807) is 13.0 Å². The van der Waals surface area contributed by atoms with E-state index in [0.29, 0.717) is 23.1 Å². The molecule has 0 spiro atoms. The molecule has 0 radical (unpaired) electrons. The molecule has 0 aliphatic heterocycles. The van der Waals surface area contributed by atoms with Gasteiger partial charge in [-0.15, -0.1) is 0 Å². The van der Waals surface area contributed by atoms with Crippen LogP contribution in [0.15, 0.2) is 12.3 Å². The first kappa shape index (κ1) is 14.0. The summed E-state index contributed by atoms with van der Waals surface area (Å²) in [6.45, 7) is 2.33. The van der Waals surface area contributed by atoms with Crippen LogP contribution in [-0.4, -0.2) is 32.2 Å². The summed E-state index contributed by atoms with van der Waals surface area (Å²) in [5.41, 5.74) is 6.04. The third kappa shape index (κ3) is 4.76. The maximum atomic E-state index is 11.3. The fourth-order valence-electron chi connectivity index (χ4n) is 1.20. The third-order valence-electron chi connectivity index (χ3n) is 1.91. The first-order valence-corrected chi connectivity index (χ1v) is 7.10. The lowest BCUT2D eigenvalue weighted by Crippen LogP contribution is -2.29. The first-order chi connectivity index (χ1) is 7.94. The first-order valence-electron chi connectivity index (χ1n) is 5.07. The molecule has 1 heterocycles. The second-order valence-corrected chi connectivity index (χ2v) is 5.70. The van der Waals surface area contributed by atoms with E-state index in [0.717, 1.165) is 0 Å². The van der Waals surface area contributed by atoms with Crippen LogP contribution in [0.25, 0.3) is 0 Å². The number of aromatic nitrogens is 1. The monoisotopic (exact) mass is 278 g/mol. The van der Waals surface area contributed by atoms with E-state index in [-0.39, 0.29) is 12.3 Å². The smallest absolute Gasteiger partial charge is 0.213 e. The molecule has 0 bridgehead atoms. The zero-order valence-electron chi connectivity index (χ0n) is 9.40. The van der Waals surface area contributed by atoms with Crippen LogP contribution < -0.4 is 15.8 Å². The van der Waals surface area contributed by atoms with E-state index in [1.807, 2.05) is 0 Å². The molecule has 4 N–H and O–H groups in total. The highest BCUT2D eigenvalue weighted by atomic mass is 35.5. The molecule has 6 nitrogen and oxygen atoms in total. The molecular weight excluding hydrogens is 264 g/mol. The van der Waals surface area contributed by atoms with Crippen LogP contribution >= 0.6 is 11.6 Å². The molecule has 0 saturated heterocycles. The number of halogens is 1. The number of nitrogen functional groups attached to an aromatic ring is 1. The van der Waals surface area contributed by atoms with Crippen molar-refractivity contribution in [2.45, 2.75) is 6.92 Å². The number of pyridine rings is 1. The van der Waals surface area contributed by atoms with Gasteiger partial charge >= 0.3 is 0 Å². The van der Waals surface area contributed by atoms with E-state index < -0.39 is 10.0 Å². The maximum absolute atomic E-state index is 11.3. The van der Waals surface area contributed by atoms with Crippen LogP contribution in [0.1, 0.15) is 6.92 Å². The van der Waals surface area contributed by atoms with Gasteiger partial charge in [0.05, 0.1) is 16.5 Å². The predicted octanol–water partition coefficient (Wildman–Crippen LogP) is 0.668. The largest absolute Gasteiger partial charge is 0.396 e. The second-order valence-electron chi connectivity index (χ2n) is 3.33. The zero-order valence-corrected chi connectivity index (χ0v) is 11.0. The molecule has 0 saturated carbocycles. The minimum atomic E-state index is -3.23. The van der Waals surface area contributed by atoms with Crippen molar-refractivity contribution in [1.29, 1.82) is 0 Å². The molecule has 0 unspecified atom stereocenters. The quantitative estimate of drug-likeness (QED) is 0.710. The molecule has 0 fully saturated rings. The van der Waals surface area contributed by atoms with Gasteiger partial charge in [0.2, 0.25) is 10.0 Å². The summed E-state index contributed by atoms with van der Waals surface area (Å²) < 4.78 is 25.1. The van der Waals surface area contributed by atoms with Crippen molar-refractivity contribution >= 4 is 33.1 Å². The van der Waals surface area contributed by atoms with Gasteiger partial charge < -0.3 is 11.1 Å². The lowest BCUT2D eigenvalue weighted by atomic mass is 10.4. The Kier molecular flexibility index (Phi) is 4.98. The van der Waals surface area contributed by atoms with Crippen molar-refractivity contribution in [1.82, 2.24) is 9.71 Å². The van der Waals surface area contributed by atoms with Gasteiger partial charge in [-0.2, -0.15) is 0 Å². The Morgan fingerprint density at radius 1 is 1.53 bits per heavy atom. The lowest BCUT2D eigenvalue weighted by molar-refractivity contribution is 0.584. The van der Waals surface area contributed by atoms with Gasteiger partial charge in [-0.25, -0.2) is 18.1 Å². The van der Waals surface area contributed by atoms with Crippen LogP contribution in [0.3, 0.4) is 0 Å². The Hall–Kier alpha value is -1.05. The van der Waals surface area contributed by atoms with Crippen molar-refractivity contribution in [2.75, 3.05) is 29.9 Å². The number of nitrogens with zero attached hydrogens (tertiary/aromatic N) is 1. The topological polar surface area (TPSA) is 97.1 Å². The average Bonchev–Trinajstić information content (AvgIpc) is 2.21. The fraction of sp³-hybridized carbons (Fsp3) is 0.444. The van der Waals surface area contributed by atoms with Gasteiger partial charge in [-0.1, -0.05) is 18.5 Å². The van der Waals surface area contributed by atoms with E-state index in [4.69, 9.17) is 17.3 Å². The number of nitrogens with one attached hydrogen (secondary N) is 2. The van der Waals surface area contributed by atoms with Crippen LogP contribution in [0.5, 0.6) is 0 Å². The van der Waals surface area contributed by atoms with Gasteiger partial charge in [0.15, 0.2) is 0 Å². The summed E-state index contributed by atoms with van der Waals surface area (Å²) in [6.07, 6.45) is 1.44. The normalized spacial score (nSPS) is 11.4. The van der Waals surface area contributed by atoms with Gasteiger partial charge in [0.25, 0.3) is 0 Å². The molecule has 1 aromatic heterocycles. The molecule has 96 valence electrons. The van der Waals surface area contributed by atoms with Crippen LogP contribution in [-0.2, 0) is 10.0 Å². The molecule has 0 aromatic carbocycles. The van der Waals surface area contributed by atoms with Crippen LogP contribution in [0, 0.1) is 0 Å². The van der Waals surface area contributed by atoms with Crippen LogP contribution in [0.4, 0.5) is 11.5 Å². The highest BCUT2D eigenvalue weighted by molar-refractivity contribution is 7.89. The van der Waals surface area contributed by atoms with E-state index >= 15 is 0 Å². The number of hydrogen-bond acceptors (Lipinski definition) is 5. The summed E-state index contributed by atoms with van der Waals surface area (Å²) in [4.78, 5) is 3.96. The van der Waals surface area contributed by atoms with Crippen LogP contribution in [0.2, 0.25) is 5.02 Å². The zero-order chi connectivity index (χ0) is 12.9. The minimum absolute atomic E-state index is 0.0371. The second kappa shape index (κ2) is 6.04. The number of anilines is 2. The molecule has 0 aliphatic carbocycles. The number of nitrogens with two attached hydrogens (primary N) is 1. The molecule has 1 aromatic rings. The van der Waals surface area contributed by atoms with Gasteiger partial charge in [-0.05, 0) is 6.07 Å². The van der Waals surface area contributed by atoms with Crippen molar-refractivity contribution in [2.24, 2.45) is 0 Å². The molecule has 1 rings (SSSR count). The summed E-state index contributed by atoms with van der Waals surface area (Å²) in [7, 11) is -3.23. The van der Waals surface area contributed by atoms with E-state index in [9.17, 15) is 8.42 Å². The Bertz CT molecular complexity index is 478. The van der Waals surface area contributed by atoms with E-state index in [2.05, 4.69) is 15.0 Å². The molecule has 0 aliphatic rings. The number of rotatable bonds is 6. The Labute approximate surface area is 106 Å². The summed E-state index contributed by atoms with van der Waals surface area (Å²) in [5, 5.41) is 3.28. The summed E-state index contributed by atoms with van der Waals surface area (Å²) in [5.74, 6) is 0.394. The third-order valence-corrected chi connectivity index (χ3v) is 3.59. The molecular formula is C9H15ClN4O2S. The minimum Gasteiger partial charge on any atom is -0.396 e.